The van der Waals surface area contributed by atoms with Crippen molar-refractivity contribution in [1.82, 2.24) is 14.1 Å². The van der Waals surface area contributed by atoms with Crippen molar-refractivity contribution in [3.05, 3.63) is 6.20 Å². The third-order valence-electron chi connectivity index (χ3n) is 3.47. The summed E-state index contributed by atoms with van der Waals surface area (Å²) in [5.41, 5.74) is 5.68. The fourth-order valence-electron chi connectivity index (χ4n) is 2.39. The zero-order valence-corrected chi connectivity index (χ0v) is 11.8. The van der Waals surface area contributed by atoms with E-state index in [1.807, 2.05) is 6.92 Å². The van der Waals surface area contributed by atoms with Crippen molar-refractivity contribution in [2.45, 2.75) is 37.6 Å². The van der Waals surface area contributed by atoms with E-state index in [4.69, 9.17) is 5.73 Å². The Kier molecular flexibility index (Phi) is 3.37. The van der Waals surface area contributed by atoms with E-state index < -0.39 is 10.0 Å². The van der Waals surface area contributed by atoms with Gasteiger partial charge in [-0.25, -0.2) is 8.42 Å². The highest BCUT2D eigenvalue weighted by Gasteiger charge is 2.35. The van der Waals surface area contributed by atoms with Gasteiger partial charge in [-0.1, -0.05) is 6.92 Å². The molecule has 0 spiro atoms. The van der Waals surface area contributed by atoms with Crippen LogP contribution in [0.15, 0.2) is 11.1 Å². The lowest BCUT2D eigenvalue weighted by atomic mass is 9.97. The maximum Gasteiger partial charge on any atom is 0.248 e. The molecule has 1 aromatic rings. The van der Waals surface area contributed by atoms with Crippen LogP contribution in [0.2, 0.25) is 0 Å². The van der Waals surface area contributed by atoms with Gasteiger partial charge >= 0.3 is 0 Å². The molecular formula is C11H20N4O2S. The number of nitrogens with two attached hydrogens (primary N) is 1. The summed E-state index contributed by atoms with van der Waals surface area (Å²) in [4.78, 5) is 0.117. The lowest BCUT2D eigenvalue weighted by molar-refractivity contribution is 0.218. The Morgan fingerprint density at radius 3 is 2.61 bits per heavy atom. The minimum atomic E-state index is -3.53. The van der Waals surface area contributed by atoms with Crippen molar-refractivity contribution in [1.29, 1.82) is 0 Å². The first kappa shape index (κ1) is 13.4. The second-order valence-corrected chi connectivity index (χ2v) is 7.02. The van der Waals surface area contributed by atoms with E-state index in [0.29, 0.717) is 12.5 Å². The topological polar surface area (TPSA) is 81.2 Å². The number of sulfonamides is 1. The number of hydrogen-bond donors (Lipinski definition) is 1. The first-order valence-electron chi connectivity index (χ1n) is 6.13. The smallest absolute Gasteiger partial charge is 0.248 e. The predicted molar refractivity (Wildman–Crippen MR) is 69.4 cm³/mol. The zero-order valence-electron chi connectivity index (χ0n) is 11.0. The summed E-state index contributed by atoms with van der Waals surface area (Å²) in [7, 11) is -1.86. The number of aromatic nitrogens is 2. The van der Waals surface area contributed by atoms with Gasteiger partial charge in [0.2, 0.25) is 10.0 Å². The molecule has 2 atom stereocenters. The molecule has 7 heteroatoms. The largest absolute Gasteiger partial charge is 0.381 e. The summed E-state index contributed by atoms with van der Waals surface area (Å²) in [6, 6.07) is 0.0193. The highest BCUT2D eigenvalue weighted by molar-refractivity contribution is 7.89. The molecule has 1 saturated heterocycles. The molecule has 102 valence electrons. The van der Waals surface area contributed by atoms with Gasteiger partial charge in [-0.15, -0.1) is 0 Å². The molecule has 1 aromatic heterocycles. The first-order valence-corrected chi connectivity index (χ1v) is 7.57. The van der Waals surface area contributed by atoms with Crippen LogP contribution in [0.1, 0.15) is 26.7 Å². The number of aryl methyl sites for hydroxylation is 1. The van der Waals surface area contributed by atoms with Crippen molar-refractivity contribution in [3.63, 3.8) is 0 Å². The fraction of sp³-hybridized carbons (Fsp3) is 0.727. The minimum Gasteiger partial charge on any atom is -0.381 e. The van der Waals surface area contributed by atoms with Crippen molar-refractivity contribution >= 4 is 15.8 Å². The van der Waals surface area contributed by atoms with Crippen LogP contribution in [-0.2, 0) is 17.1 Å². The van der Waals surface area contributed by atoms with E-state index in [1.54, 1.807) is 11.4 Å². The molecule has 0 aromatic carbocycles. The highest BCUT2D eigenvalue weighted by atomic mass is 32.2. The molecule has 6 nitrogen and oxygen atoms in total. The Hall–Kier alpha value is -1.08. The molecule has 2 heterocycles. The molecule has 0 bridgehead atoms. The lowest BCUT2D eigenvalue weighted by Gasteiger charge is -2.35. The van der Waals surface area contributed by atoms with E-state index in [-0.39, 0.29) is 16.8 Å². The zero-order chi connectivity index (χ0) is 13.5. The molecule has 1 fully saturated rings. The maximum atomic E-state index is 12.6. The Labute approximate surface area is 108 Å². The summed E-state index contributed by atoms with van der Waals surface area (Å²) >= 11 is 0. The van der Waals surface area contributed by atoms with Gasteiger partial charge in [0.25, 0.3) is 0 Å². The van der Waals surface area contributed by atoms with Crippen LogP contribution in [-0.4, -0.2) is 35.1 Å². The van der Waals surface area contributed by atoms with Crippen LogP contribution in [0.4, 0.5) is 5.82 Å². The van der Waals surface area contributed by atoms with Gasteiger partial charge in [0, 0.05) is 25.8 Å². The van der Waals surface area contributed by atoms with Crippen LogP contribution in [0, 0.1) is 5.92 Å². The molecule has 1 aliphatic rings. The lowest BCUT2D eigenvalue weighted by Crippen LogP contribution is -2.44. The Morgan fingerprint density at radius 2 is 2.06 bits per heavy atom. The number of anilines is 1. The van der Waals surface area contributed by atoms with Crippen LogP contribution < -0.4 is 5.73 Å². The van der Waals surface area contributed by atoms with E-state index >= 15 is 0 Å². The third-order valence-corrected chi connectivity index (χ3v) is 5.47. The molecule has 0 amide bonds. The SMILES string of the molecule is CC1CCC(C)N(S(=O)(=O)c2cn(C)nc2N)C1. The van der Waals surface area contributed by atoms with Crippen LogP contribution in [0.3, 0.4) is 0 Å². The second kappa shape index (κ2) is 4.55. The predicted octanol–water partition coefficient (Wildman–Crippen LogP) is 0.811. The van der Waals surface area contributed by atoms with Crippen LogP contribution in [0.25, 0.3) is 0 Å². The fourth-order valence-corrected chi connectivity index (χ4v) is 4.27. The van der Waals surface area contributed by atoms with E-state index in [0.717, 1.165) is 12.8 Å². The van der Waals surface area contributed by atoms with E-state index in [2.05, 4.69) is 12.0 Å². The first-order chi connectivity index (χ1) is 8.32. The van der Waals surface area contributed by atoms with Gasteiger partial charge in [0.15, 0.2) is 5.82 Å². The van der Waals surface area contributed by atoms with Gasteiger partial charge < -0.3 is 5.73 Å². The molecule has 2 unspecified atom stereocenters. The summed E-state index contributed by atoms with van der Waals surface area (Å²) in [6.45, 7) is 4.56. The normalized spacial score (nSPS) is 26.4. The van der Waals surface area contributed by atoms with Gasteiger partial charge in [0.1, 0.15) is 4.90 Å². The molecule has 0 aliphatic carbocycles. The number of nitrogen functional groups attached to an aromatic ring is 1. The van der Waals surface area contributed by atoms with Gasteiger partial charge in [-0.2, -0.15) is 9.40 Å². The van der Waals surface area contributed by atoms with E-state index in [9.17, 15) is 8.42 Å². The standard InChI is InChI=1S/C11H20N4O2S/c1-8-4-5-9(2)15(6-8)18(16,17)10-7-14(3)13-11(10)12/h7-9H,4-6H2,1-3H3,(H2,12,13). The third kappa shape index (κ3) is 2.24. The average Bonchev–Trinajstić information content (AvgIpc) is 2.62. The summed E-state index contributed by atoms with van der Waals surface area (Å²) in [5.74, 6) is 0.455. The number of piperidine rings is 1. The number of nitrogens with zero attached hydrogens (tertiary/aromatic N) is 3. The summed E-state index contributed by atoms with van der Waals surface area (Å²) in [5, 5.41) is 3.90. The quantitative estimate of drug-likeness (QED) is 0.864. The van der Waals surface area contributed by atoms with E-state index in [1.165, 1.54) is 10.9 Å². The second-order valence-electron chi connectivity index (χ2n) is 5.16. The minimum absolute atomic E-state index is 0.0193. The Morgan fingerprint density at radius 1 is 1.39 bits per heavy atom. The van der Waals surface area contributed by atoms with Gasteiger partial charge in [-0.05, 0) is 25.7 Å². The molecule has 0 saturated carbocycles. The summed E-state index contributed by atoms with van der Waals surface area (Å²) in [6.07, 6.45) is 3.42. The molecule has 2 rings (SSSR count). The van der Waals surface area contributed by atoms with Gasteiger partial charge in [0.05, 0.1) is 0 Å². The Bertz CT molecular complexity index is 537. The van der Waals surface area contributed by atoms with Crippen molar-refractivity contribution in [3.8, 4) is 0 Å². The van der Waals surface area contributed by atoms with Crippen molar-refractivity contribution < 1.29 is 8.42 Å². The van der Waals surface area contributed by atoms with Crippen molar-refractivity contribution in [2.24, 2.45) is 13.0 Å². The van der Waals surface area contributed by atoms with Crippen LogP contribution >= 0.6 is 0 Å². The highest BCUT2D eigenvalue weighted by Crippen LogP contribution is 2.29. The van der Waals surface area contributed by atoms with Crippen molar-refractivity contribution in [2.75, 3.05) is 12.3 Å². The average molecular weight is 272 g/mol. The number of hydrogen-bond acceptors (Lipinski definition) is 4. The van der Waals surface area contributed by atoms with Crippen LogP contribution in [0.5, 0.6) is 0 Å². The van der Waals surface area contributed by atoms with Gasteiger partial charge in [-0.3, -0.25) is 4.68 Å². The monoisotopic (exact) mass is 272 g/mol. The molecule has 0 radical (unpaired) electrons. The summed E-state index contributed by atoms with van der Waals surface area (Å²) < 4.78 is 28.1. The Balaban J connectivity index is 2.38. The molecular weight excluding hydrogens is 252 g/mol. The maximum absolute atomic E-state index is 12.6. The molecule has 18 heavy (non-hydrogen) atoms. The molecule has 2 N–H and O–H groups in total. The number of rotatable bonds is 2. The molecule has 1 aliphatic heterocycles.